The van der Waals surface area contributed by atoms with E-state index >= 15 is 0 Å². The zero-order valence-corrected chi connectivity index (χ0v) is 19.0. The number of methoxy groups -OCH3 is 1. The minimum Gasteiger partial charge on any atom is -0.497 e. The summed E-state index contributed by atoms with van der Waals surface area (Å²) in [5.74, 6) is -0.955. The van der Waals surface area contributed by atoms with Gasteiger partial charge in [0.25, 0.3) is 0 Å². The molecule has 168 valence electrons. The van der Waals surface area contributed by atoms with Gasteiger partial charge in [-0.25, -0.2) is 0 Å². The number of ketones is 2. The lowest BCUT2D eigenvalue weighted by molar-refractivity contribution is 0.0795. The van der Waals surface area contributed by atoms with Crippen LogP contribution in [-0.2, 0) is 0 Å². The Bertz CT molecular complexity index is 1190. The first-order chi connectivity index (χ1) is 16.7. The van der Waals surface area contributed by atoms with Crippen molar-refractivity contribution in [3.63, 3.8) is 0 Å². The van der Waals surface area contributed by atoms with Crippen LogP contribution < -0.4 is 4.74 Å². The molecule has 4 aromatic carbocycles. The number of rotatable bonds is 9. The largest absolute Gasteiger partial charge is 0.497 e. The molecule has 0 bridgehead atoms. The fourth-order valence-electron chi connectivity index (χ4n) is 4.03. The van der Waals surface area contributed by atoms with Crippen LogP contribution in [0.2, 0.25) is 0 Å². The quantitative estimate of drug-likeness (QED) is 0.208. The molecular formula is C31H26O3. The lowest BCUT2D eigenvalue weighted by Gasteiger charge is -2.24. The van der Waals surface area contributed by atoms with Crippen molar-refractivity contribution in [1.82, 2.24) is 0 Å². The molecule has 0 aliphatic carbocycles. The van der Waals surface area contributed by atoms with Gasteiger partial charge in [0.2, 0.25) is 0 Å². The van der Waals surface area contributed by atoms with Crippen LogP contribution in [0.4, 0.5) is 0 Å². The summed E-state index contributed by atoms with van der Waals surface area (Å²) in [6.45, 7) is 0. The molecule has 0 aliphatic heterocycles. The maximum Gasteiger partial charge on any atom is 0.174 e. The van der Waals surface area contributed by atoms with Crippen LogP contribution in [0.25, 0.3) is 6.08 Å². The first kappa shape index (κ1) is 22.9. The molecule has 3 heteroatoms. The summed E-state index contributed by atoms with van der Waals surface area (Å²) in [6.07, 6.45) is 3.92. The van der Waals surface area contributed by atoms with E-state index in [0.29, 0.717) is 11.1 Å². The van der Waals surface area contributed by atoms with Gasteiger partial charge in [-0.1, -0.05) is 115 Å². The highest BCUT2D eigenvalue weighted by Gasteiger charge is 2.35. The molecule has 1 atom stereocenters. The highest BCUT2D eigenvalue weighted by Crippen LogP contribution is 2.33. The molecule has 3 nitrogen and oxygen atoms in total. The van der Waals surface area contributed by atoms with E-state index in [1.54, 1.807) is 31.4 Å². The first-order valence-corrected chi connectivity index (χ1v) is 11.2. The number of benzene rings is 4. The summed E-state index contributed by atoms with van der Waals surface area (Å²) in [7, 11) is 1.63. The molecule has 0 amide bonds. The molecule has 0 aliphatic rings. The molecule has 0 saturated heterocycles. The summed E-state index contributed by atoms with van der Waals surface area (Å²) in [5.41, 5.74) is 2.91. The van der Waals surface area contributed by atoms with Crippen molar-refractivity contribution in [3.05, 3.63) is 144 Å². The van der Waals surface area contributed by atoms with Crippen LogP contribution >= 0.6 is 0 Å². The minimum absolute atomic E-state index is 0.192. The molecule has 0 spiro atoms. The third-order valence-electron chi connectivity index (χ3n) is 5.84. The predicted molar refractivity (Wildman–Crippen MR) is 136 cm³/mol. The van der Waals surface area contributed by atoms with Crippen molar-refractivity contribution in [2.45, 2.75) is 5.92 Å². The summed E-state index contributed by atoms with van der Waals surface area (Å²) in [4.78, 5) is 27.6. The van der Waals surface area contributed by atoms with Crippen LogP contribution in [0.1, 0.15) is 37.8 Å². The van der Waals surface area contributed by atoms with E-state index in [9.17, 15) is 9.59 Å². The third-order valence-corrected chi connectivity index (χ3v) is 5.84. The van der Waals surface area contributed by atoms with E-state index in [2.05, 4.69) is 0 Å². The van der Waals surface area contributed by atoms with E-state index in [4.69, 9.17) is 4.74 Å². The summed E-state index contributed by atoms with van der Waals surface area (Å²) in [5, 5.41) is 0. The Morgan fingerprint density at radius 2 is 1.12 bits per heavy atom. The zero-order chi connectivity index (χ0) is 23.8. The normalized spacial score (nSPS) is 11.9. The van der Waals surface area contributed by atoms with Crippen molar-refractivity contribution in [2.75, 3.05) is 7.11 Å². The van der Waals surface area contributed by atoms with Gasteiger partial charge in [0.1, 0.15) is 5.75 Å². The second-order valence-electron chi connectivity index (χ2n) is 8.01. The van der Waals surface area contributed by atoms with Crippen molar-refractivity contribution in [1.29, 1.82) is 0 Å². The number of carbonyl (C=O) groups excluding carboxylic acids is 2. The Hall–Kier alpha value is -4.24. The van der Waals surface area contributed by atoms with E-state index in [0.717, 1.165) is 16.9 Å². The van der Waals surface area contributed by atoms with E-state index in [1.807, 2.05) is 103 Å². The Labute approximate surface area is 200 Å². The van der Waals surface area contributed by atoms with Crippen molar-refractivity contribution in [3.8, 4) is 5.75 Å². The van der Waals surface area contributed by atoms with Crippen LogP contribution in [-0.4, -0.2) is 18.7 Å². The van der Waals surface area contributed by atoms with Gasteiger partial charge in [-0.2, -0.15) is 0 Å². The Morgan fingerprint density at radius 1 is 0.647 bits per heavy atom. The van der Waals surface area contributed by atoms with Crippen molar-refractivity contribution in [2.24, 2.45) is 5.92 Å². The van der Waals surface area contributed by atoms with Crippen LogP contribution in [0.3, 0.4) is 0 Å². The second-order valence-corrected chi connectivity index (χ2v) is 8.01. The maximum absolute atomic E-state index is 13.8. The SMILES string of the molecule is COc1ccc(/C=C/C(c2ccccc2)C(C(=O)c2ccccc2)C(=O)c2ccccc2)cc1. The molecule has 4 aromatic rings. The standard InChI is InChI=1S/C31H26O3/c1-34-27-20-17-23(18-21-27)19-22-28(24-11-5-2-6-12-24)29(30(32)25-13-7-3-8-14-25)31(33)26-15-9-4-10-16-26/h2-22,28-29H,1H3/b22-19+. The van der Waals surface area contributed by atoms with Gasteiger partial charge in [0, 0.05) is 17.0 Å². The topological polar surface area (TPSA) is 43.4 Å². The van der Waals surface area contributed by atoms with Crippen LogP contribution in [0.5, 0.6) is 5.75 Å². The fraction of sp³-hybridized carbons (Fsp3) is 0.0968. The average Bonchev–Trinajstić information content (AvgIpc) is 2.92. The number of carbonyl (C=O) groups is 2. The molecule has 0 aromatic heterocycles. The minimum atomic E-state index is -0.901. The number of hydrogen-bond acceptors (Lipinski definition) is 3. The molecule has 0 saturated carbocycles. The molecule has 4 rings (SSSR count). The Morgan fingerprint density at radius 3 is 1.59 bits per heavy atom. The molecular weight excluding hydrogens is 420 g/mol. The van der Waals surface area contributed by atoms with Crippen molar-refractivity contribution >= 4 is 17.6 Å². The summed E-state index contributed by atoms with van der Waals surface area (Å²) < 4.78 is 5.25. The molecule has 0 N–H and O–H groups in total. The third kappa shape index (κ3) is 5.38. The van der Waals surface area contributed by atoms with Gasteiger partial charge in [-0.05, 0) is 23.3 Å². The van der Waals surface area contributed by atoms with Gasteiger partial charge >= 0.3 is 0 Å². The average molecular weight is 447 g/mol. The number of Topliss-reactive ketones (excluding diaryl/α,β-unsaturated/α-hetero) is 2. The van der Waals surface area contributed by atoms with Gasteiger partial charge in [-0.15, -0.1) is 0 Å². The fourth-order valence-corrected chi connectivity index (χ4v) is 4.03. The smallest absolute Gasteiger partial charge is 0.174 e. The van der Waals surface area contributed by atoms with Crippen molar-refractivity contribution < 1.29 is 14.3 Å². The molecule has 0 heterocycles. The zero-order valence-electron chi connectivity index (χ0n) is 19.0. The Kier molecular flexibility index (Phi) is 7.46. The van der Waals surface area contributed by atoms with E-state index < -0.39 is 11.8 Å². The molecule has 34 heavy (non-hydrogen) atoms. The highest BCUT2D eigenvalue weighted by atomic mass is 16.5. The van der Waals surface area contributed by atoms with Crippen LogP contribution in [0, 0.1) is 5.92 Å². The number of ether oxygens (including phenoxy) is 1. The molecule has 0 radical (unpaired) electrons. The van der Waals surface area contributed by atoms with Crippen LogP contribution in [0.15, 0.2) is 121 Å². The summed E-state index contributed by atoms with van der Waals surface area (Å²) in [6, 6.07) is 35.5. The molecule has 0 fully saturated rings. The predicted octanol–water partition coefficient (Wildman–Crippen LogP) is 6.87. The highest BCUT2D eigenvalue weighted by molar-refractivity contribution is 6.17. The van der Waals surface area contributed by atoms with Gasteiger partial charge in [0.15, 0.2) is 11.6 Å². The monoisotopic (exact) mass is 446 g/mol. The second kappa shape index (κ2) is 11.1. The van der Waals surface area contributed by atoms with E-state index in [1.165, 1.54) is 0 Å². The first-order valence-electron chi connectivity index (χ1n) is 11.2. The lowest BCUT2D eigenvalue weighted by Crippen LogP contribution is -2.30. The van der Waals surface area contributed by atoms with E-state index in [-0.39, 0.29) is 11.6 Å². The number of allylic oxidation sites excluding steroid dienone is 1. The number of hydrogen-bond donors (Lipinski definition) is 0. The lowest BCUT2D eigenvalue weighted by atomic mass is 9.76. The Balaban J connectivity index is 1.80. The maximum atomic E-state index is 13.8. The van der Waals surface area contributed by atoms with Gasteiger partial charge in [-0.3, -0.25) is 9.59 Å². The molecule has 1 unspecified atom stereocenters. The summed E-state index contributed by atoms with van der Waals surface area (Å²) >= 11 is 0. The van der Waals surface area contributed by atoms with Gasteiger partial charge < -0.3 is 4.74 Å². The van der Waals surface area contributed by atoms with Gasteiger partial charge in [0.05, 0.1) is 13.0 Å².